The molecule has 2 aromatic rings. The summed E-state index contributed by atoms with van der Waals surface area (Å²) in [5.41, 5.74) is 0. The van der Waals surface area contributed by atoms with E-state index in [-0.39, 0.29) is 16.3 Å². The molecule has 0 fully saturated rings. The molecular weight excluding hydrogens is 304 g/mol. The second-order valence-corrected chi connectivity index (χ2v) is 6.91. The Kier molecular flexibility index (Phi) is 4.16. The summed E-state index contributed by atoms with van der Waals surface area (Å²) < 4.78 is 26.6. The van der Waals surface area contributed by atoms with Gasteiger partial charge in [-0.05, 0) is 13.0 Å². The van der Waals surface area contributed by atoms with Gasteiger partial charge in [-0.2, -0.15) is 5.10 Å². The van der Waals surface area contributed by atoms with Gasteiger partial charge in [0.1, 0.15) is 17.0 Å². The van der Waals surface area contributed by atoms with E-state index < -0.39 is 16.0 Å². The van der Waals surface area contributed by atoms with Crippen molar-refractivity contribution in [1.29, 1.82) is 0 Å². The predicted octanol–water partition coefficient (Wildman–Crippen LogP) is 0.394. The molecule has 0 spiro atoms. The Labute approximate surface area is 118 Å². The Morgan fingerprint density at radius 2 is 2.30 bits per heavy atom. The van der Waals surface area contributed by atoms with E-state index in [1.165, 1.54) is 12.4 Å². The normalized spacial score (nSPS) is 11.7. The van der Waals surface area contributed by atoms with Crippen molar-refractivity contribution < 1.29 is 18.3 Å². The maximum atomic E-state index is 12.1. The molecular formula is C10H12N4O4S2. The van der Waals surface area contributed by atoms with Crippen molar-refractivity contribution in [2.45, 2.75) is 18.2 Å². The average molecular weight is 316 g/mol. The summed E-state index contributed by atoms with van der Waals surface area (Å²) in [6, 6.07) is 1.17. The van der Waals surface area contributed by atoms with Crippen LogP contribution in [-0.4, -0.2) is 41.2 Å². The minimum absolute atomic E-state index is 0.00175. The van der Waals surface area contributed by atoms with Gasteiger partial charge in [0.25, 0.3) is 0 Å². The fourth-order valence-corrected chi connectivity index (χ4v) is 4.03. The smallest absolute Gasteiger partial charge is 0.345 e. The van der Waals surface area contributed by atoms with Crippen molar-refractivity contribution in [3.63, 3.8) is 0 Å². The fraction of sp³-hybridized carbons (Fsp3) is 0.300. The third kappa shape index (κ3) is 3.21. The molecule has 0 bridgehead atoms. The highest BCUT2D eigenvalue weighted by molar-refractivity contribution is 7.89. The number of nitrogens with zero attached hydrogens (tertiary/aromatic N) is 2. The molecule has 0 unspecified atom stereocenters. The number of carboxylic acids is 1. The number of aryl methyl sites for hydroxylation is 1. The molecule has 108 valence electrons. The van der Waals surface area contributed by atoms with Gasteiger partial charge >= 0.3 is 5.97 Å². The molecule has 0 atom stereocenters. The number of carbonyl (C=O) groups is 1. The number of carboxylic acid groups (broad SMARTS) is 1. The molecule has 0 aliphatic carbocycles. The minimum Gasteiger partial charge on any atom is -0.477 e. The van der Waals surface area contributed by atoms with E-state index in [1.807, 2.05) is 0 Å². The van der Waals surface area contributed by atoms with Gasteiger partial charge in [-0.25, -0.2) is 22.9 Å². The quantitative estimate of drug-likeness (QED) is 0.708. The molecule has 0 amide bonds. The van der Waals surface area contributed by atoms with Crippen molar-refractivity contribution in [3.05, 3.63) is 28.0 Å². The molecule has 20 heavy (non-hydrogen) atoms. The standard InChI is InChI=1S/C10H12N4O4S2/c1-6-8(4-7(19-6)10(15)16)20(17,18)13-3-2-9-11-5-12-14-9/h4-5,13H,2-3H2,1H3,(H,15,16)(H,11,12,14). The van der Waals surface area contributed by atoms with E-state index in [0.29, 0.717) is 17.1 Å². The summed E-state index contributed by atoms with van der Waals surface area (Å²) in [6.45, 7) is 1.72. The molecule has 2 heterocycles. The summed E-state index contributed by atoms with van der Waals surface area (Å²) in [6.07, 6.45) is 1.71. The zero-order valence-corrected chi connectivity index (χ0v) is 12.1. The number of hydrogen-bond acceptors (Lipinski definition) is 6. The molecule has 0 aliphatic rings. The van der Waals surface area contributed by atoms with Gasteiger partial charge in [-0.15, -0.1) is 11.3 Å². The van der Waals surface area contributed by atoms with Crippen molar-refractivity contribution in [1.82, 2.24) is 19.9 Å². The van der Waals surface area contributed by atoms with Gasteiger partial charge in [-0.1, -0.05) is 0 Å². The SMILES string of the molecule is Cc1sc(C(=O)O)cc1S(=O)(=O)NCCc1ncn[nH]1. The lowest BCUT2D eigenvalue weighted by Crippen LogP contribution is -2.26. The van der Waals surface area contributed by atoms with Crippen LogP contribution in [0.15, 0.2) is 17.3 Å². The highest BCUT2D eigenvalue weighted by atomic mass is 32.2. The molecule has 0 aromatic carbocycles. The zero-order valence-electron chi connectivity index (χ0n) is 10.5. The number of sulfonamides is 1. The number of aromatic amines is 1. The Morgan fingerprint density at radius 1 is 1.55 bits per heavy atom. The van der Waals surface area contributed by atoms with Crippen LogP contribution in [-0.2, 0) is 16.4 Å². The van der Waals surface area contributed by atoms with Crippen LogP contribution in [0.4, 0.5) is 0 Å². The van der Waals surface area contributed by atoms with Gasteiger partial charge in [-0.3, -0.25) is 5.10 Å². The third-order valence-electron chi connectivity index (χ3n) is 2.49. The lowest BCUT2D eigenvalue weighted by atomic mass is 10.4. The summed E-state index contributed by atoms with van der Waals surface area (Å²) >= 11 is 0.933. The molecule has 0 aliphatic heterocycles. The summed E-state index contributed by atoms with van der Waals surface area (Å²) in [4.78, 5) is 15.2. The summed E-state index contributed by atoms with van der Waals surface area (Å²) in [5.74, 6) is -0.567. The summed E-state index contributed by atoms with van der Waals surface area (Å²) in [5, 5.41) is 15.1. The van der Waals surface area contributed by atoms with Gasteiger partial charge in [0, 0.05) is 17.8 Å². The molecule has 3 N–H and O–H groups in total. The van der Waals surface area contributed by atoms with Crippen LogP contribution in [0.3, 0.4) is 0 Å². The number of aromatic nitrogens is 3. The first-order valence-electron chi connectivity index (χ1n) is 5.58. The molecule has 2 aromatic heterocycles. The van der Waals surface area contributed by atoms with E-state index in [9.17, 15) is 13.2 Å². The Morgan fingerprint density at radius 3 is 2.85 bits per heavy atom. The molecule has 0 radical (unpaired) electrons. The van der Waals surface area contributed by atoms with E-state index in [4.69, 9.17) is 5.11 Å². The maximum Gasteiger partial charge on any atom is 0.345 e. The first kappa shape index (κ1) is 14.6. The van der Waals surface area contributed by atoms with Gasteiger partial charge in [0.15, 0.2) is 0 Å². The van der Waals surface area contributed by atoms with E-state index in [0.717, 1.165) is 11.3 Å². The van der Waals surface area contributed by atoms with Crippen molar-refractivity contribution in [3.8, 4) is 0 Å². The zero-order chi connectivity index (χ0) is 14.8. The molecule has 10 heteroatoms. The molecule has 0 saturated heterocycles. The Bertz CT molecular complexity index is 706. The molecule has 2 rings (SSSR count). The number of H-pyrrole nitrogens is 1. The van der Waals surface area contributed by atoms with E-state index in [1.54, 1.807) is 6.92 Å². The third-order valence-corrected chi connectivity index (χ3v) is 5.25. The fourth-order valence-electron chi connectivity index (χ4n) is 1.57. The molecule has 8 nitrogen and oxygen atoms in total. The highest BCUT2D eigenvalue weighted by Gasteiger charge is 2.21. The lowest BCUT2D eigenvalue weighted by Gasteiger charge is -2.04. The number of aromatic carboxylic acids is 1. The average Bonchev–Trinajstić information content (AvgIpc) is 2.98. The summed E-state index contributed by atoms with van der Waals surface area (Å²) in [7, 11) is -3.72. The second kappa shape index (κ2) is 5.69. The number of hydrogen-bond donors (Lipinski definition) is 3. The topological polar surface area (TPSA) is 125 Å². The van der Waals surface area contributed by atoms with E-state index >= 15 is 0 Å². The number of thiophene rings is 1. The Balaban J connectivity index is 2.08. The van der Waals surface area contributed by atoms with Gasteiger partial charge in [0.2, 0.25) is 10.0 Å². The van der Waals surface area contributed by atoms with Crippen molar-refractivity contribution in [2.75, 3.05) is 6.54 Å². The van der Waals surface area contributed by atoms with Crippen molar-refractivity contribution >= 4 is 27.3 Å². The van der Waals surface area contributed by atoms with Gasteiger partial charge in [0.05, 0.1) is 4.90 Å². The first-order valence-corrected chi connectivity index (χ1v) is 7.88. The molecule has 0 saturated carbocycles. The predicted molar refractivity (Wildman–Crippen MR) is 71.3 cm³/mol. The van der Waals surface area contributed by atoms with Crippen LogP contribution < -0.4 is 4.72 Å². The monoisotopic (exact) mass is 316 g/mol. The van der Waals surface area contributed by atoms with Crippen LogP contribution in [0.2, 0.25) is 0 Å². The van der Waals surface area contributed by atoms with Crippen LogP contribution >= 0.6 is 11.3 Å². The van der Waals surface area contributed by atoms with Crippen LogP contribution in [0, 0.1) is 6.92 Å². The number of rotatable bonds is 6. The second-order valence-electron chi connectivity index (χ2n) is 3.92. The lowest BCUT2D eigenvalue weighted by molar-refractivity contribution is 0.0702. The largest absolute Gasteiger partial charge is 0.477 e. The Hall–Kier alpha value is -1.78. The van der Waals surface area contributed by atoms with E-state index in [2.05, 4.69) is 19.9 Å². The van der Waals surface area contributed by atoms with Gasteiger partial charge < -0.3 is 5.11 Å². The highest BCUT2D eigenvalue weighted by Crippen LogP contribution is 2.25. The first-order chi connectivity index (χ1) is 9.40. The van der Waals surface area contributed by atoms with Crippen LogP contribution in [0.1, 0.15) is 20.4 Å². The van der Waals surface area contributed by atoms with Crippen LogP contribution in [0.5, 0.6) is 0 Å². The van der Waals surface area contributed by atoms with Crippen LogP contribution in [0.25, 0.3) is 0 Å². The van der Waals surface area contributed by atoms with Crippen molar-refractivity contribution in [2.24, 2.45) is 0 Å². The number of nitrogens with one attached hydrogen (secondary N) is 2. The maximum absolute atomic E-state index is 12.1. The minimum atomic E-state index is -3.72.